The first kappa shape index (κ1) is 13.6. The van der Waals surface area contributed by atoms with Crippen molar-refractivity contribution in [2.24, 2.45) is 0 Å². The first-order valence-electron chi connectivity index (χ1n) is 6.64. The minimum atomic E-state index is 0.791. The van der Waals surface area contributed by atoms with E-state index in [0.717, 1.165) is 28.7 Å². The fourth-order valence-electron chi connectivity index (χ4n) is 1.94. The molecule has 0 atom stereocenters. The van der Waals surface area contributed by atoms with Gasteiger partial charge in [0.1, 0.15) is 0 Å². The van der Waals surface area contributed by atoms with E-state index in [1.54, 1.807) is 16.4 Å². The molecule has 21 heavy (non-hydrogen) atoms. The van der Waals surface area contributed by atoms with Gasteiger partial charge in [0.2, 0.25) is 5.16 Å². The summed E-state index contributed by atoms with van der Waals surface area (Å²) in [4.78, 5) is 0. The van der Waals surface area contributed by atoms with Crippen LogP contribution in [-0.4, -0.2) is 26.0 Å². The number of para-hydroxylation sites is 1. The highest BCUT2D eigenvalue weighted by Crippen LogP contribution is 2.19. The van der Waals surface area contributed by atoms with Gasteiger partial charge in [-0.25, -0.2) is 0 Å². The van der Waals surface area contributed by atoms with E-state index in [9.17, 15) is 0 Å². The van der Waals surface area contributed by atoms with E-state index in [2.05, 4.69) is 27.7 Å². The molecule has 0 aliphatic carbocycles. The van der Waals surface area contributed by atoms with Crippen molar-refractivity contribution < 1.29 is 0 Å². The van der Waals surface area contributed by atoms with Gasteiger partial charge in [-0.1, -0.05) is 42.1 Å². The van der Waals surface area contributed by atoms with Crippen LogP contribution in [0.1, 0.15) is 5.56 Å². The summed E-state index contributed by atoms with van der Waals surface area (Å²) in [6.45, 7) is 0. The van der Waals surface area contributed by atoms with Gasteiger partial charge in [0.05, 0.1) is 5.69 Å². The Hall–Kier alpha value is -2.34. The molecule has 2 aromatic carbocycles. The topological polar surface area (TPSA) is 69.6 Å². The summed E-state index contributed by atoms with van der Waals surface area (Å²) < 4.78 is 1.76. The van der Waals surface area contributed by atoms with Gasteiger partial charge in [-0.3, -0.25) is 0 Å². The monoisotopic (exact) mass is 297 g/mol. The maximum absolute atomic E-state index is 5.68. The van der Waals surface area contributed by atoms with Gasteiger partial charge in [-0.15, -0.1) is 5.10 Å². The number of tetrazole rings is 1. The molecule has 5 nitrogen and oxygen atoms in total. The van der Waals surface area contributed by atoms with E-state index in [0.29, 0.717) is 0 Å². The summed E-state index contributed by atoms with van der Waals surface area (Å²) in [7, 11) is 0. The molecule has 0 spiro atoms. The summed E-state index contributed by atoms with van der Waals surface area (Å²) in [5.74, 6) is 0.914. The molecule has 106 valence electrons. The van der Waals surface area contributed by atoms with E-state index in [1.165, 1.54) is 5.56 Å². The van der Waals surface area contributed by atoms with Crippen LogP contribution >= 0.6 is 11.8 Å². The maximum Gasteiger partial charge on any atom is 0.214 e. The third kappa shape index (κ3) is 3.41. The van der Waals surface area contributed by atoms with Crippen molar-refractivity contribution in [2.45, 2.75) is 11.6 Å². The van der Waals surface area contributed by atoms with Crippen LogP contribution in [0, 0.1) is 0 Å². The van der Waals surface area contributed by atoms with Gasteiger partial charge in [0, 0.05) is 11.4 Å². The van der Waals surface area contributed by atoms with Crippen LogP contribution in [0.3, 0.4) is 0 Å². The van der Waals surface area contributed by atoms with Gasteiger partial charge in [-0.2, -0.15) is 4.68 Å². The van der Waals surface area contributed by atoms with Crippen LogP contribution in [0.25, 0.3) is 5.69 Å². The Labute approximate surface area is 127 Å². The number of hydrogen-bond donors (Lipinski definition) is 1. The normalized spacial score (nSPS) is 10.7. The van der Waals surface area contributed by atoms with E-state index >= 15 is 0 Å². The highest BCUT2D eigenvalue weighted by Gasteiger charge is 2.08. The maximum atomic E-state index is 5.68. The predicted molar refractivity (Wildman–Crippen MR) is 84.4 cm³/mol. The quantitative estimate of drug-likeness (QED) is 0.579. The molecule has 0 aliphatic rings. The van der Waals surface area contributed by atoms with Crippen molar-refractivity contribution in [1.29, 1.82) is 0 Å². The number of nitrogens with two attached hydrogens (primary N) is 1. The summed E-state index contributed by atoms with van der Waals surface area (Å²) in [5.41, 5.74) is 8.70. The molecule has 0 aliphatic heterocycles. The lowest BCUT2D eigenvalue weighted by Gasteiger charge is -2.04. The van der Waals surface area contributed by atoms with Crippen molar-refractivity contribution in [3.63, 3.8) is 0 Å². The number of aromatic nitrogens is 4. The third-order valence-electron chi connectivity index (χ3n) is 3.04. The van der Waals surface area contributed by atoms with Crippen molar-refractivity contribution >= 4 is 17.4 Å². The summed E-state index contributed by atoms with van der Waals surface area (Å²) in [6.07, 6.45) is 0.951. The van der Waals surface area contributed by atoms with E-state index in [4.69, 9.17) is 5.73 Å². The molecule has 3 rings (SSSR count). The molecule has 0 amide bonds. The number of nitrogens with zero attached hydrogens (tertiary/aromatic N) is 4. The molecule has 6 heteroatoms. The second kappa shape index (κ2) is 6.41. The molecular weight excluding hydrogens is 282 g/mol. The number of anilines is 1. The fraction of sp³-hybridized carbons (Fsp3) is 0.133. The average molecular weight is 297 g/mol. The highest BCUT2D eigenvalue weighted by atomic mass is 32.2. The minimum Gasteiger partial charge on any atom is -0.399 e. The average Bonchev–Trinajstić information content (AvgIpc) is 2.99. The number of hydrogen-bond acceptors (Lipinski definition) is 5. The Morgan fingerprint density at radius 3 is 2.52 bits per heavy atom. The molecule has 2 N–H and O–H groups in total. The molecule has 3 aromatic rings. The summed E-state index contributed by atoms with van der Waals surface area (Å²) in [5, 5.41) is 12.7. The van der Waals surface area contributed by atoms with Crippen LogP contribution in [0.4, 0.5) is 5.69 Å². The Balaban J connectivity index is 1.64. The van der Waals surface area contributed by atoms with Crippen molar-refractivity contribution in [2.75, 3.05) is 11.5 Å². The zero-order valence-corrected chi connectivity index (χ0v) is 12.2. The van der Waals surface area contributed by atoms with Gasteiger partial charge in [0.15, 0.2) is 0 Å². The highest BCUT2D eigenvalue weighted by molar-refractivity contribution is 7.99. The lowest BCUT2D eigenvalue weighted by Crippen LogP contribution is -1.99. The lowest BCUT2D eigenvalue weighted by atomic mass is 10.2. The van der Waals surface area contributed by atoms with Crippen LogP contribution in [0.5, 0.6) is 0 Å². The first-order valence-corrected chi connectivity index (χ1v) is 7.62. The molecule has 0 bridgehead atoms. The van der Waals surface area contributed by atoms with Crippen LogP contribution in [0.2, 0.25) is 0 Å². The first-order chi connectivity index (χ1) is 10.3. The minimum absolute atomic E-state index is 0.791. The van der Waals surface area contributed by atoms with Gasteiger partial charge >= 0.3 is 0 Å². The Morgan fingerprint density at radius 2 is 1.76 bits per heavy atom. The second-order valence-corrected chi connectivity index (χ2v) is 5.61. The Bertz CT molecular complexity index is 694. The fourth-order valence-corrected chi connectivity index (χ4v) is 2.82. The Kier molecular flexibility index (Phi) is 4.16. The van der Waals surface area contributed by atoms with Crippen molar-refractivity contribution in [1.82, 2.24) is 20.2 Å². The molecule has 0 unspecified atom stereocenters. The van der Waals surface area contributed by atoms with Crippen LogP contribution in [-0.2, 0) is 6.42 Å². The number of rotatable bonds is 5. The van der Waals surface area contributed by atoms with E-state index < -0.39 is 0 Å². The van der Waals surface area contributed by atoms with E-state index in [1.807, 2.05) is 42.5 Å². The smallest absolute Gasteiger partial charge is 0.214 e. The molecule has 0 saturated carbocycles. The van der Waals surface area contributed by atoms with Crippen LogP contribution < -0.4 is 5.73 Å². The molecule has 0 saturated heterocycles. The van der Waals surface area contributed by atoms with Crippen molar-refractivity contribution in [3.05, 3.63) is 60.2 Å². The largest absolute Gasteiger partial charge is 0.399 e. The molecule has 0 radical (unpaired) electrons. The zero-order valence-electron chi connectivity index (χ0n) is 11.4. The summed E-state index contributed by atoms with van der Waals surface area (Å²) >= 11 is 1.64. The molecule has 0 fully saturated rings. The van der Waals surface area contributed by atoms with Crippen molar-refractivity contribution in [3.8, 4) is 5.69 Å². The number of aryl methyl sites for hydroxylation is 1. The predicted octanol–water partition coefficient (Wildman–Crippen LogP) is 2.58. The van der Waals surface area contributed by atoms with Gasteiger partial charge < -0.3 is 5.73 Å². The van der Waals surface area contributed by atoms with Crippen LogP contribution in [0.15, 0.2) is 59.8 Å². The Morgan fingerprint density at radius 1 is 1.00 bits per heavy atom. The number of nitrogen functional groups attached to an aromatic ring is 1. The van der Waals surface area contributed by atoms with E-state index in [-0.39, 0.29) is 0 Å². The van der Waals surface area contributed by atoms with Gasteiger partial charge in [-0.05, 0) is 46.7 Å². The summed E-state index contributed by atoms with van der Waals surface area (Å²) in [6, 6.07) is 17.8. The molecule has 1 heterocycles. The lowest BCUT2D eigenvalue weighted by molar-refractivity contribution is 0.756. The second-order valence-electron chi connectivity index (χ2n) is 4.55. The number of benzene rings is 2. The zero-order chi connectivity index (χ0) is 14.5. The number of thioether (sulfide) groups is 1. The molecular formula is C15H15N5S. The SMILES string of the molecule is Nc1ccc(CCSc2nnnn2-c2ccccc2)cc1. The van der Waals surface area contributed by atoms with Gasteiger partial charge in [0.25, 0.3) is 0 Å². The third-order valence-corrected chi connectivity index (χ3v) is 3.96. The molecule has 1 aromatic heterocycles. The standard InChI is InChI=1S/C15H15N5S/c16-13-8-6-12(7-9-13)10-11-21-15-17-18-19-20(15)14-4-2-1-3-5-14/h1-9H,10-11,16H2.